The summed E-state index contributed by atoms with van der Waals surface area (Å²) < 4.78 is 46.9. The maximum absolute atomic E-state index is 13.5. The molecule has 38 heavy (non-hydrogen) atoms. The molecule has 1 amide bonds. The number of ether oxygens (including phenoxy) is 1. The van der Waals surface area contributed by atoms with Crippen molar-refractivity contribution < 1.29 is 22.3 Å². The van der Waals surface area contributed by atoms with Crippen LogP contribution in [0.3, 0.4) is 0 Å². The fourth-order valence-electron chi connectivity index (χ4n) is 3.68. The summed E-state index contributed by atoms with van der Waals surface area (Å²) >= 11 is 0. The zero-order valence-corrected chi connectivity index (χ0v) is 21.4. The monoisotopic (exact) mass is 539 g/mol. The zero-order chi connectivity index (χ0) is 27.3. The average molecular weight is 540 g/mol. The number of halogens is 1. The van der Waals surface area contributed by atoms with Crippen LogP contribution in [-0.4, -0.2) is 40.2 Å². The number of benzene rings is 2. The summed E-state index contributed by atoms with van der Waals surface area (Å²) in [5.41, 5.74) is 7.30. The molecule has 0 aliphatic carbocycles. The number of nitrogens with one attached hydrogen (secondary N) is 3. The van der Waals surface area contributed by atoms with E-state index >= 15 is 0 Å². The number of anilines is 3. The van der Waals surface area contributed by atoms with E-state index in [4.69, 9.17) is 10.5 Å². The van der Waals surface area contributed by atoms with Gasteiger partial charge < -0.3 is 15.8 Å². The summed E-state index contributed by atoms with van der Waals surface area (Å²) in [5, 5.41) is 9.94. The minimum Gasteiger partial charge on any atom is -0.484 e. The van der Waals surface area contributed by atoms with Crippen LogP contribution in [-0.2, 0) is 10.0 Å². The van der Waals surface area contributed by atoms with Gasteiger partial charge in [0.05, 0.1) is 17.6 Å². The first kappa shape index (κ1) is 26.5. The van der Waals surface area contributed by atoms with Crippen LogP contribution in [0.5, 0.6) is 5.75 Å². The Morgan fingerprint density at radius 1 is 1.16 bits per heavy atom. The van der Waals surface area contributed by atoms with Gasteiger partial charge in [0.15, 0.2) is 0 Å². The van der Waals surface area contributed by atoms with E-state index in [1.807, 2.05) is 6.92 Å². The number of sulfonamides is 1. The summed E-state index contributed by atoms with van der Waals surface area (Å²) in [6, 6.07) is 10.5. The predicted octanol–water partition coefficient (Wildman–Crippen LogP) is 4.14. The summed E-state index contributed by atoms with van der Waals surface area (Å²) in [6.07, 6.45) is 4.45. The van der Waals surface area contributed by atoms with E-state index in [9.17, 15) is 17.6 Å². The van der Waals surface area contributed by atoms with E-state index in [0.29, 0.717) is 23.4 Å². The molecule has 198 valence electrons. The van der Waals surface area contributed by atoms with Gasteiger partial charge in [-0.05, 0) is 43.2 Å². The van der Waals surface area contributed by atoms with Crippen molar-refractivity contribution in [3.05, 3.63) is 78.0 Å². The van der Waals surface area contributed by atoms with Crippen molar-refractivity contribution in [2.45, 2.75) is 26.4 Å². The van der Waals surface area contributed by atoms with E-state index in [0.717, 1.165) is 0 Å². The van der Waals surface area contributed by atoms with Crippen LogP contribution in [0.4, 0.5) is 21.7 Å². The highest BCUT2D eigenvalue weighted by atomic mass is 32.2. The fourth-order valence-corrected chi connectivity index (χ4v) is 4.33. The number of carbonyl (C=O) groups is 1. The Labute approximate surface area is 218 Å². The van der Waals surface area contributed by atoms with Crippen LogP contribution in [0.2, 0.25) is 0 Å². The summed E-state index contributed by atoms with van der Waals surface area (Å²) in [7, 11) is -3.64. The highest BCUT2D eigenvalue weighted by Crippen LogP contribution is 2.37. The van der Waals surface area contributed by atoms with Crippen molar-refractivity contribution in [2.24, 2.45) is 5.73 Å². The van der Waals surface area contributed by atoms with Crippen LogP contribution in [0.1, 0.15) is 42.3 Å². The molecule has 1 unspecified atom stereocenters. The SMILES string of the molecule is CCC(Oc1cc(-c2n[nH]c(Nc3cnccn3)c2C(N)=O)ccc1NS(=O)(=O)CC)c1ccc(F)cc1. The number of nitrogens with two attached hydrogens (primary N) is 1. The van der Waals surface area contributed by atoms with Gasteiger partial charge in [-0.25, -0.2) is 17.8 Å². The maximum atomic E-state index is 13.5. The van der Waals surface area contributed by atoms with Crippen LogP contribution in [0.15, 0.2) is 61.1 Å². The van der Waals surface area contributed by atoms with E-state index in [1.165, 1.54) is 43.7 Å². The minimum atomic E-state index is -3.64. The van der Waals surface area contributed by atoms with Gasteiger partial charge in [0.1, 0.15) is 40.6 Å². The second kappa shape index (κ2) is 11.3. The van der Waals surface area contributed by atoms with Gasteiger partial charge >= 0.3 is 0 Å². The summed E-state index contributed by atoms with van der Waals surface area (Å²) in [5.74, 6) is -0.516. The molecule has 1 atom stereocenters. The number of rotatable bonds is 11. The number of primary amides is 1. The zero-order valence-electron chi connectivity index (χ0n) is 20.6. The van der Waals surface area contributed by atoms with Crippen molar-refractivity contribution in [3.63, 3.8) is 0 Å². The third kappa shape index (κ3) is 6.06. The van der Waals surface area contributed by atoms with Crippen molar-refractivity contribution >= 4 is 33.3 Å². The highest BCUT2D eigenvalue weighted by Gasteiger charge is 2.23. The van der Waals surface area contributed by atoms with Gasteiger partial charge in [-0.1, -0.05) is 25.1 Å². The first-order valence-corrected chi connectivity index (χ1v) is 13.3. The molecular formula is C25H26FN7O4S. The van der Waals surface area contributed by atoms with E-state index < -0.39 is 22.0 Å². The van der Waals surface area contributed by atoms with Crippen LogP contribution in [0, 0.1) is 5.82 Å². The average Bonchev–Trinajstić information content (AvgIpc) is 3.33. The number of hydrogen-bond donors (Lipinski definition) is 4. The quantitative estimate of drug-likeness (QED) is 0.221. The van der Waals surface area contributed by atoms with Crippen molar-refractivity contribution in [1.29, 1.82) is 0 Å². The standard InChI is InChI=1S/C25H26FN7O4S/c1-3-19(15-5-8-17(26)9-6-15)37-20-13-16(7-10-18(20)33-38(35,36)4-2)23-22(24(27)34)25(32-31-23)30-21-14-28-11-12-29-21/h5-14,19,33H,3-4H2,1-2H3,(H2,27,34)(H2,29,30,31,32). The molecule has 2 aromatic heterocycles. The number of hydrogen-bond acceptors (Lipinski definition) is 8. The van der Waals surface area contributed by atoms with Crippen molar-refractivity contribution in [3.8, 4) is 17.0 Å². The van der Waals surface area contributed by atoms with E-state index in [1.54, 1.807) is 24.3 Å². The highest BCUT2D eigenvalue weighted by molar-refractivity contribution is 7.92. The number of aromatic amines is 1. The van der Waals surface area contributed by atoms with Gasteiger partial charge in [0.25, 0.3) is 5.91 Å². The molecule has 4 rings (SSSR count). The molecule has 0 saturated carbocycles. The molecule has 2 heterocycles. The Morgan fingerprint density at radius 3 is 2.55 bits per heavy atom. The number of carbonyl (C=O) groups excluding carboxylic acids is 1. The lowest BCUT2D eigenvalue weighted by Gasteiger charge is -2.21. The first-order valence-electron chi connectivity index (χ1n) is 11.7. The van der Waals surface area contributed by atoms with Gasteiger partial charge in [-0.3, -0.25) is 19.6 Å². The van der Waals surface area contributed by atoms with E-state index in [2.05, 4.69) is 30.2 Å². The molecule has 0 spiro atoms. The molecule has 0 aliphatic heterocycles. The largest absolute Gasteiger partial charge is 0.484 e. The third-order valence-electron chi connectivity index (χ3n) is 5.61. The van der Waals surface area contributed by atoms with Crippen molar-refractivity contribution in [1.82, 2.24) is 20.2 Å². The van der Waals surface area contributed by atoms with Gasteiger partial charge in [-0.15, -0.1) is 0 Å². The van der Waals surface area contributed by atoms with Gasteiger partial charge in [-0.2, -0.15) is 5.10 Å². The molecule has 0 radical (unpaired) electrons. The fraction of sp³-hybridized carbons (Fsp3) is 0.200. The lowest BCUT2D eigenvalue weighted by atomic mass is 10.0. The molecule has 5 N–H and O–H groups in total. The normalized spacial score (nSPS) is 12.1. The molecule has 0 saturated heterocycles. The molecule has 0 fully saturated rings. The molecular weight excluding hydrogens is 513 g/mol. The Morgan fingerprint density at radius 2 is 1.92 bits per heavy atom. The van der Waals surface area contributed by atoms with Crippen molar-refractivity contribution in [2.75, 3.05) is 15.8 Å². The Bertz CT molecular complexity index is 1530. The molecule has 13 heteroatoms. The lowest BCUT2D eigenvalue weighted by molar-refractivity contribution is 0.100. The first-order chi connectivity index (χ1) is 18.2. The summed E-state index contributed by atoms with van der Waals surface area (Å²) in [6.45, 7) is 3.40. The molecule has 11 nitrogen and oxygen atoms in total. The lowest BCUT2D eigenvalue weighted by Crippen LogP contribution is -2.16. The van der Waals surface area contributed by atoms with Crippen LogP contribution >= 0.6 is 0 Å². The second-order valence-electron chi connectivity index (χ2n) is 8.18. The molecule has 0 bridgehead atoms. The predicted molar refractivity (Wildman–Crippen MR) is 141 cm³/mol. The Balaban J connectivity index is 1.77. The molecule has 4 aromatic rings. The smallest absolute Gasteiger partial charge is 0.254 e. The third-order valence-corrected chi connectivity index (χ3v) is 6.90. The topological polar surface area (TPSA) is 165 Å². The maximum Gasteiger partial charge on any atom is 0.254 e. The minimum absolute atomic E-state index is 0.0640. The van der Waals surface area contributed by atoms with Gasteiger partial charge in [0.2, 0.25) is 10.0 Å². The second-order valence-corrected chi connectivity index (χ2v) is 10.2. The Kier molecular flexibility index (Phi) is 7.86. The molecule has 2 aromatic carbocycles. The number of H-pyrrole nitrogens is 1. The number of nitrogens with zero attached hydrogens (tertiary/aromatic N) is 3. The summed E-state index contributed by atoms with van der Waals surface area (Å²) in [4.78, 5) is 20.5. The molecule has 0 aliphatic rings. The van der Waals surface area contributed by atoms with Gasteiger partial charge in [0, 0.05) is 18.0 Å². The number of amides is 1. The Hall–Kier alpha value is -4.52. The number of aromatic nitrogens is 4. The van der Waals surface area contributed by atoms with Crippen LogP contribution in [0.25, 0.3) is 11.3 Å². The van der Waals surface area contributed by atoms with E-state index in [-0.39, 0.29) is 40.1 Å². The van der Waals surface area contributed by atoms with Crippen LogP contribution < -0.4 is 20.5 Å².